The molecule has 98 valence electrons. The number of fused-ring (bicyclic) bond motifs is 3. The van der Waals surface area contributed by atoms with Crippen LogP contribution in [-0.4, -0.2) is 4.57 Å². The van der Waals surface area contributed by atoms with Crippen molar-refractivity contribution in [3.8, 4) is 22.5 Å². The lowest BCUT2D eigenvalue weighted by atomic mass is 9.99. The minimum atomic E-state index is 0.782. The molecule has 1 aliphatic rings. The highest BCUT2D eigenvalue weighted by Gasteiger charge is 2.18. The fourth-order valence-electron chi connectivity index (χ4n) is 3.04. The number of benzene rings is 2. The third-order valence-electron chi connectivity index (χ3n) is 4.02. The van der Waals surface area contributed by atoms with Crippen molar-refractivity contribution >= 4 is 11.6 Å². The zero-order chi connectivity index (χ0) is 13.5. The van der Waals surface area contributed by atoms with Crippen molar-refractivity contribution in [1.29, 1.82) is 0 Å². The summed E-state index contributed by atoms with van der Waals surface area (Å²) in [6.07, 6.45) is 1.10. The van der Waals surface area contributed by atoms with Crippen LogP contribution in [0.15, 0.2) is 60.7 Å². The maximum atomic E-state index is 5.98. The summed E-state index contributed by atoms with van der Waals surface area (Å²) in [5, 5.41) is 0.782. The van der Waals surface area contributed by atoms with E-state index in [-0.39, 0.29) is 0 Å². The van der Waals surface area contributed by atoms with E-state index in [0.717, 1.165) is 18.0 Å². The van der Waals surface area contributed by atoms with Gasteiger partial charge >= 0.3 is 0 Å². The molecule has 2 heterocycles. The number of hydrogen-bond donors (Lipinski definition) is 0. The van der Waals surface area contributed by atoms with Crippen LogP contribution in [0.25, 0.3) is 22.5 Å². The van der Waals surface area contributed by atoms with Crippen molar-refractivity contribution in [2.24, 2.45) is 0 Å². The lowest BCUT2D eigenvalue weighted by Gasteiger charge is -2.21. The summed E-state index contributed by atoms with van der Waals surface area (Å²) in [6.45, 7) is 1.04. The van der Waals surface area contributed by atoms with Crippen LogP contribution < -0.4 is 0 Å². The monoisotopic (exact) mass is 279 g/mol. The zero-order valence-corrected chi connectivity index (χ0v) is 11.8. The fraction of sp³-hybridized carbons (Fsp3) is 0.111. The average molecular weight is 280 g/mol. The minimum absolute atomic E-state index is 0.782. The molecule has 0 aliphatic carbocycles. The van der Waals surface area contributed by atoms with E-state index in [0.29, 0.717) is 0 Å². The Balaban J connectivity index is 1.87. The van der Waals surface area contributed by atoms with E-state index in [4.69, 9.17) is 11.6 Å². The Morgan fingerprint density at radius 2 is 1.55 bits per heavy atom. The summed E-state index contributed by atoms with van der Waals surface area (Å²) in [5.74, 6) is 0. The van der Waals surface area contributed by atoms with Crippen molar-refractivity contribution in [3.05, 3.63) is 71.2 Å². The van der Waals surface area contributed by atoms with Crippen molar-refractivity contribution in [2.45, 2.75) is 13.0 Å². The SMILES string of the molecule is Clc1ccc(-c2ccc3n2CCc2ccccc2-3)cc1. The van der Waals surface area contributed by atoms with E-state index in [2.05, 4.69) is 53.1 Å². The lowest BCUT2D eigenvalue weighted by molar-refractivity contribution is 0.695. The van der Waals surface area contributed by atoms with Crippen LogP contribution >= 0.6 is 11.6 Å². The number of halogens is 1. The van der Waals surface area contributed by atoms with Gasteiger partial charge in [0.15, 0.2) is 0 Å². The predicted molar refractivity (Wildman–Crippen MR) is 84.0 cm³/mol. The summed E-state index contributed by atoms with van der Waals surface area (Å²) in [4.78, 5) is 0. The van der Waals surface area contributed by atoms with Gasteiger partial charge in [0, 0.05) is 28.5 Å². The molecule has 2 heteroatoms. The molecule has 0 amide bonds. The number of hydrogen-bond acceptors (Lipinski definition) is 0. The Labute approximate surface area is 123 Å². The molecule has 4 rings (SSSR count). The Morgan fingerprint density at radius 3 is 2.40 bits per heavy atom. The normalized spacial score (nSPS) is 12.8. The maximum Gasteiger partial charge on any atom is 0.0488 e. The Hall–Kier alpha value is -1.99. The highest BCUT2D eigenvalue weighted by Crippen LogP contribution is 2.35. The molecule has 0 fully saturated rings. The second-order valence-electron chi connectivity index (χ2n) is 5.17. The minimum Gasteiger partial charge on any atom is -0.340 e. The van der Waals surface area contributed by atoms with Gasteiger partial charge in [-0.2, -0.15) is 0 Å². The van der Waals surface area contributed by atoms with Gasteiger partial charge < -0.3 is 4.57 Å². The van der Waals surface area contributed by atoms with Crippen molar-refractivity contribution in [2.75, 3.05) is 0 Å². The Bertz CT molecular complexity index is 768. The summed E-state index contributed by atoms with van der Waals surface area (Å²) >= 11 is 5.98. The highest BCUT2D eigenvalue weighted by atomic mass is 35.5. The third-order valence-corrected chi connectivity index (χ3v) is 4.27. The van der Waals surface area contributed by atoms with E-state index in [9.17, 15) is 0 Å². The number of aryl methyl sites for hydroxylation is 1. The van der Waals surface area contributed by atoms with Gasteiger partial charge in [-0.1, -0.05) is 48.0 Å². The van der Waals surface area contributed by atoms with Gasteiger partial charge in [0.2, 0.25) is 0 Å². The number of rotatable bonds is 1. The first-order valence-electron chi connectivity index (χ1n) is 6.87. The number of aromatic nitrogens is 1. The molecule has 20 heavy (non-hydrogen) atoms. The highest BCUT2D eigenvalue weighted by molar-refractivity contribution is 6.30. The van der Waals surface area contributed by atoms with E-state index in [1.165, 1.54) is 28.1 Å². The standard InChI is InChI=1S/C18H14ClN/c19-15-7-5-14(6-8-15)17-9-10-18-16-4-2-1-3-13(16)11-12-20(17)18/h1-10H,11-12H2. The average Bonchev–Trinajstić information content (AvgIpc) is 2.92. The van der Waals surface area contributed by atoms with Gasteiger partial charge in [-0.05, 0) is 41.8 Å². The van der Waals surface area contributed by atoms with E-state index in [1.54, 1.807) is 0 Å². The van der Waals surface area contributed by atoms with Crippen LogP contribution in [0.1, 0.15) is 5.56 Å². The van der Waals surface area contributed by atoms with E-state index < -0.39 is 0 Å². The third kappa shape index (κ3) is 1.78. The molecule has 2 aromatic carbocycles. The van der Waals surface area contributed by atoms with Crippen LogP contribution in [0.5, 0.6) is 0 Å². The van der Waals surface area contributed by atoms with Gasteiger partial charge in [-0.15, -0.1) is 0 Å². The fourth-order valence-corrected chi connectivity index (χ4v) is 3.16. The van der Waals surface area contributed by atoms with Crippen LogP contribution in [0, 0.1) is 0 Å². The maximum absolute atomic E-state index is 5.98. The first-order valence-corrected chi connectivity index (χ1v) is 7.24. The second-order valence-corrected chi connectivity index (χ2v) is 5.61. The summed E-state index contributed by atoms with van der Waals surface area (Å²) in [7, 11) is 0. The molecule has 0 radical (unpaired) electrons. The first kappa shape index (κ1) is 11.8. The molecule has 0 saturated carbocycles. The molecule has 0 atom stereocenters. The van der Waals surface area contributed by atoms with Crippen molar-refractivity contribution in [1.82, 2.24) is 4.57 Å². The topological polar surface area (TPSA) is 4.93 Å². The van der Waals surface area contributed by atoms with Gasteiger partial charge in [0.1, 0.15) is 0 Å². The quantitative estimate of drug-likeness (QED) is 0.589. The molecule has 0 spiro atoms. The van der Waals surface area contributed by atoms with Crippen LogP contribution in [0.4, 0.5) is 0 Å². The largest absolute Gasteiger partial charge is 0.340 e. The predicted octanol–water partition coefficient (Wildman–Crippen LogP) is 5.03. The Kier molecular flexibility index (Phi) is 2.68. The van der Waals surface area contributed by atoms with Gasteiger partial charge in [0.05, 0.1) is 0 Å². The molecule has 3 aromatic rings. The van der Waals surface area contributed by atoms with Gasteiger partial charge in [-0.25, -0.2) is 0 Å². The zero-order valence-electron chi connectivity index (χ0n) is 11.0. The van der Waals surface area contributed by atoms with Crippen LogP contribution in [0.2, 0.25) is 5.02 Å². The van der Waals surface area contributed by atoms with Gasteiger partial charge in [-0.3, -0.25) is 0 Å². The number of nitrogens with zero attached hydrogens (tertiary/aromatic N) is 1. The second kappa shape index (κ2) is 4.53. The van der Waals surface area contributed by atoms with Crippen LogP contribution in [0.3, 0.4) is 0 Å². The van der Waals surface area contributed by atoms with Crippen LogP contribution in [-0.2, 0) is 13.0 Å². The van der Waals surface area contributed by atoms with E-state index >= 15 is 0 Å². The summed E-state index contributed by atoms with van der Waals surface area (Å²) in [5.41, 5.74) is 6.61. The first-order chi connectivity index (χ1) is 9.83. The smallest absolute Gasteiger partial charge is 0.0488 e. The Morgan fingerprint density at radius 1 is 0.800 bits per heavy atom. The van der Waals surface area contributed by atoms with Gasteiger partial charge in [0.25, 0.3) is 0 Å². The van der Waals surface area contributed by atoms with Crippen molar-refractivity contribution < 1.29 is 0 Å². The summed E-state index contributed by atoms with van der Waals surface area (Å²) in [6, 6.07) is 21.2. The molecule has 1 aliphatic heterocycles. The summed E-state index contributed by atoms with van der Waals surface area (Å²) < 4.78 is 2.41. The van der Waals surface area contributed by atoms with E-state index in [1.807, 2.05) is 12.1 Å². The molecule has 0 bridgehead atoms. The molecule has 1 nitrogen and oxygen atoms in total. The molecule has 0 unspecified atom stereocenters. The molecular formula is C18H14ClN. The molecular weight excluding hydrogens is 266 g/mol. The molecule has 1 aromatic heterocycles. The van der Waals surface area contributed by atoms with Crippen molar-refractivity contribution in [3.63, 3.8) is 0 Å². The molecule has 0 saturated heterocycles. The molecule has 0 N–H and O–H groups in total. The lowest BCUT2D eigenvalue weighted by Crippen LogP contribution is -2.11.